The average Bonchev–Trinajstić information content (AvgIpc) is 3.32. The minimum Gasteiger partial charge on any atom is -0.469 e. The molecule has 29 heavy (non-hydrogen) atoms. The molecular weight excluding hydrogens is 370 g/mol. The molecule has 2 amide bonds. The van der Waals surface area contributed by atoms with Crippen molar-refractivity contribution in [3.05, 3.63) is 23.7 Å². The number of hydrogen-bond acceptors (Lipinski definition) is 5. The van der Waals surface area contributed by atoms with Gasteiger partial charge in [-0.25, -0.2) is 0 Å². The number of rotatable bonds is 7. The smallest absolute Gasteiger partial charge is 0.257 e. The first kappa shape index (κ1) is 20.4. The fourth-order valence-electron chi connectivity index (χ4n) is 4.66. The fraction of sp³-hybridized carbons (Fsp3) is 0.727. The van der Waals surface area contributed by atoms with Crippen molar-refractivity contribution in [2.24, 2.45) is 5.92 Å². The molecule has 1 aromatic heterocycles. The number of aryl methyl sites for hydroxylation is 1. The van der Waals surface area contributed by atoms with Crippen molar-refractivity contribution in [2.75, 3.05) is 46.4 Å². The number of hydrogen-bond donors (Lipinski definition) is 0. The second-order valence-electron chi connectivity index (χ2n) is 8.70. The maximum absolute atomic E-state index is 12.7. The van der Waals surface area contributed by atoms with Gasteiger partial charge in [-0.3, -0.25) is 14.5 Å². The van der Waals surface area contributed by atoms with Gasteiger partial charge in [0, 0.05) is 64.4 Å². The zero-order valence-corrected chi connectivity index (χ0v) is 17.6. The second-order valence-corrected chi connectivity index (χ2v) is 8.70. The largest absolute Gasteiger partial charge is 0.469 e. The van der Waals surface area contributed by atoms with Crippen LogP contribution in [-0.2, 0) is 9.53 Å². The summed E-state index contributed by atoms with van der Waals surface area (Å²) < 4.78 is 10.9. The van der Waals surface area contributed by atoms with Crippen LogP contribution in [0.4, 0.5) is 0 Å². The number of nitrogens with zero attached hydrogens (tertiary/aromatic N) is 3. The predicted molar refractivity (Wildman–Crippen MR) is 109 cm³/mol. The Labute approximate surface area is 172 Å². The molecule has 3 aliphatic rings. The summed E-state index contributed by atoms with van der Waals surface area (Å²) in [5.74, 6) is 1.29. The third-order valence-electron chi connectivity index (χ3n) is 6.66. The van der Waals surface area contributed by atoms with Crippen molar-refractivity contribution in [3.63, 3.8) is 0 Å². The van der Waals surface area contributed by atoms with Crippen LogP contribution in [0.5, 0.6) is 0 Å². The van der Waals surface area contributed by atoms with Gasteiger partial charge in [-0.1, -0.05) is 0 Å². The molecule has 1 saturated carbocycles. The monoisotopic (exact) mass is 403 g/mol. The molecule has 0 radical (unpaired) electrons. The van der Waals surface area contributed by atoms with Gasteiger partial charge >= 0.3 is 0 Å². The van der Waals surface area contributed by atoms with E-state index in [4.69, 9.17) is 9.15 Å². The minimum absolute atomic E-state index is 0.000127. The number of furan rings is 1. The third-order valence-corrected chi connectivity index (χ3v) is 6.66. The zero-order valence-electron chi connectivity index (χ0n) is 17.6. The molecule has 7 heteroatoms. The van der Waals surface area contributed by atoms with Crippen molar-refractivity contribution in [1.82, 2.24) is 14.7 Å². The van der Waals surface area contributed by atoms with E-state index in [1.807, 2.05) is 14.0 Å². The highest BCUT2D eigenvalue weighted by Gasteiger charge is 2.39. The number of likely N-dealkylation sites (tertiary alicyclic amines) is 1. The molecular formula is C22H33N3O4. The Morgan fingerprint density at radius 1 is 1.10 bits per heavy atom. The van der Waals surface area contributed by atoms with Crippen molar-refractivity contribution >= 4 is 11.8 Å². The van der Waals surface area contributed by atoms with Crippen LogP contribution in [0.15, 0.2) is 16.7 Å². The molecule has 4 rings (SSSR count). The zero-order chi connectivity index (χ0) is 20.4. The molecule has 0 N–H and O–H groups in total. The normalized spacial score (nSPS) is 23.0. The van der Waals surface area contributed by atoms with E-state index in [1.165, 1.54) is 0 Å². The minimum atomic E-state index is 0.000127. The number of carbonyl (C=O) groups excluding carboxylic acids is 2. The molecule has 0 bridgehead atoms. The molecule has 7 nitrogen and oxygen atoms in total. The van der Waals surface area contributed by atoms with Gasteiger partial charge in [-0.2, -0.15) is 0 Å². The van der Waals surface area contributed by atoms with Gasteiger partial charge in [0.25, 0.3) is 5.91 Å². The average molecular weight is 404 g/mol. The van der Waals surface area contributed by atoms with E-state index in [0.717, 1.165) is 65.0 Å². The Morgan fingerprint density at radius 2 is 1.86 bits per heavy atom. The summed E-state index contributed by atoms with van der Waals surface area (Å²) in [5.41, 5.74) is 0.632. The quantitative estimate of drug-likeness (QED) is 0.698. The maximum Gasteiger partial charge on any atom is 0.257 e. The van der Waals surface area contributed by atoms with Crippen molar-refractivity contribution in [2.45, 2.75) is 51.1 Å². The van der Waals surface area contributed by atoms with Crippen LogP contribution < -0.4 is 0 Å². The molecule has 0 aromatic carbocycles. The van der Waals surface area contributed by atoms with E-state index in [9.17, 15) is 9.59 Å². The Balaban J connectivity index is 1.38. The Kier molecular flexibility index (Phi) is 6.25. The highest BCUT2D eigenvalue weighted by molar-refractivity contribution is 5.94. The first-order valence-corrected chi connectivity index (χ1v) is 11.0. The maximum atomic E-state index is 12.7. The topological polar surface area (TPSA) is 66.2 Å². The molecule has 160 valence electrons. The summed E-state index contributed by atoms with van der Waals surface area (Å²) in [5, 5.41) is 0. The Morgan fingerprint density at radius 3 is 2.52 bits per heavy atom. The first-order chi connectivity index (χ1) is 14.0. The third kappa shape index (κ3) is 4.67. The fourth-order valence-corrected chi connectivity index (χ4v) is 4.66. The SMILES string of the molecule is Cc1occc1C(=O)N(C)CCN(C1CCOCC1)C1CCN(C(=O)C2CC2)C1. The highest BCUT2D eigenvalue weighted by atomic mass is 16.5. The summed E-state index contributed by atoms with van der Waals surface area (Å²) in [7, 11) is 1.86. The summed E-state index contributed by atoms with van der Waals surface area (Å²) in [6.07, 6.45) is 6.74. The number of amides is 2. The molecule has 1 unspecified atom stereocenters. The summed E-state index contributed by atoms with van der Waals surface area (Å²) in [6.45, 7) is 6.57. The molecule has 2 saturated heterocycles. The molecule has 1 aliphatic carbocycles. The predicted octanol–water partition coefficient (Wildman–Crippen LogP) is 2.15. The molecule has 1 atom stereocenters. The van der Waals surface area contributed by atoms with Gasteiger partial charge in [0.2, 0.25) is 5.91 Å². The molecule has 3 heterocycles. The Hall–Kier alpha value is -1.86. The van der Waals surface area contributed by atoms with Crippen LogP contribution in [0.3, 0.4) is 0 Å². The van der Waals surface area contributed by atoms with E-state index in [1.54, 1.807) is 17.2 Å². The lowest BCUT2D eigenvalue weighted by atomic mass is 10.0. The molecule has 2 aliphatic heterocycles. The lowest BCUT2D eigenvalue weighted by molar-refractivity contribution is -0.131. The van der Waals surface area contributed by atoms with Crippen molar-refractivity contribution in [1.29, 1.82) is 0 Å². The lowest BCUT2D eigenvalue weighted by Crippen LogP contribution is -2.50. The molecule has 0 spiro atoms. The van der Waals surface area contributed by atoms with E-state index < -0.39 is 0 Å². The van der Waals surface area contributed by atoms with Crippen molar-refractivity contribution in [3.8, 4) is 0 Å². The van der Waals surface area contributed by atoms with Crippen LogP contribution in [0.1, 0.15) is 48.2 Å². The Bertz CT molecular complexity index is 723. The molecule has 1 aromatic rings. The van der Waals surface area contributed by atoms with Gasteiger partial charge in [0.1, 0.15) is 5.76 Å². The van der Waals surface area contributed by atoms with Gasteiger partial charge in [-0.05, 0) is 45.1 Å². The number of likely N-dealkylation sites (N-methyl/N-ethyl adjacent to an activating group) is 1. The summed E-state index contributed by atoms with van der Waals surface area (Å²) >= 11 is 0. The second kappa shape index (κ2) is 8.88. The van der Waals surface area contributed by atoms with Crippen LogP contribution in [0, 0.1) is 12.8 Å². The summed E-state index contributed by atoms with van der Waals surface area (Å²) in [6, 6.07) is 2.58. The van der Waals surface area contributed by atoms with Crippen LogP contribution in [0.2, 0.25) is 0 Å². The van der Waals surface area contributed by atoms with Gasteiger partial charge in [0.05, 0.1) is 11.8 Å². The van der Waals surface area contributed by atoms with Gasteiger partial charge in [-0.15, -0.1) is 0 Å². The van der Waals surface area contributed by atoms with Gasteiger partial charge < -0.3 is 19.0 Å². The summed E-state index contributed by atoms with van der Waals surface area (Å²) in [4.78, 5) is 31.6. The van der Waals surface area contributed by atoms with E-state index >= 15 is 0 Å². The van der Waals surface area contributed by atoms with Gasteiger partial charge in [0.15, 0.2) is 0 Å². The number of carbonyl (C=O) groups is 2. The standard InChI is InChI=1S/C22H33N3O4/c1-16-20(8-14-29-16)22(27)23(2)10-11-25(18-6-12-28-13-7-18)19-5-9-24(15-19)21(26)17-3-4-17/h8,14,17-19H,3-7,9-13,15H2,1-2H3. The van der Waals surface area contributed by atoms with Crippen LogP contribution in [0.25, 0.3) is 0 Å². The highest BCUT2D eigenvalue weighted by Crippen LogP contribution is 2.33. The van der Waals surface area contributed by atoms with Crippen molar-refractivity contribution < 1.29 is 18.7 Å². The van der Waals surface area contributed by atoms with E-state index in [-0.39, 0.29) is 11.8 Å². The molecule has 3 fully saturated rings. The number of ether oxygens (including phenoxy) is 1. The van der Waals surface area contributed by atoms with Crippen LogP contribution in [-0.4, -0.2) is 85.0 Å². The first-order valence-electron chi connectivity index (χ1n) is 11.0. The lowest BCUT2D eigenvalue weighted by Gasteiger charge is -2.39. The van der Waals surface area contributed by atoms with E-state index in [2.05, 4.69) is 9.80 Å². The van der Waals surface area contributed by atoms with E-state index in [0.29, 0.717) is 35.9 Å². The van der Waals surface area contributed by atoms with Crippen LogP contribution >= 0.6 is 0 Å².